The molecule has 1 aromatic carbocycles. The van der Waals surface area contributed by atoms with Crippen molar-refractivity contribution >= 4 is 10.0 Å². The Morgan fingerprint density at radius 1 is 1.15 bits per heavy atom. The van der Waals surface area contributed by atoms with Crippen molar-refractivity contribution in [3.05, 3.63) is 24.3 Å². The fourth-order valence-electron chi connectivity index (χ4n) is 2.83. The van der Waals surface area contributed by atoms with Gasteiger partial charge in [0.1, 0.15) is 5.75 Å². The van der Waals surface area contributed by atoms with Gasteiger partial charge >= 0.3 is 0 Å². The van der Waals surface area contributed by atoms with E-state index in [0.29, 0.717) is 42.2 Å². The summed E-state index contributed by atoms with van der Waals surface area (Å²) < 4.78 is 32.2. The molecule has 112 valence electrons. The van der Waals surface area contributed by atoms with Gasteiger partial charge in [0.05, 0.1) is 11.5 Å². The number of sulfonamides is 1. The van der Waals surface area contributed by atoms with Crippen molar-refractivity contribution in [2.45, 2.75) is 32.1 Å². The maximum atomic E-state index is 12.6. The minimum absolute atomic E-state index is 0.349. The lowest BCUT2D eigenvalue weighted by molar-refractivity contribution is 0.222. The number of piperidine rings is 1. The van der Waals surface area contributed by atoms with Crippen LogP contribution in [0.25, 0.3) is 0 Å². The normalized spacial score (nSPS) is 24.6. The SMILES string of the molecule is CCOc1ccc(S(=O)(=O)N2CC(C)CC(C)C2)cc1. The molecule has 1 saturated heterocycles. The summed E-state index contributed by atoms with van der Waals surface area (Å²) >= 11 is 0. The van der Waals surface area contributed by atoms with E-state index >= 15 is 0 Å². The first-order valence-corrected chi connectivity index (χ1v) is 8.60. The van der Waals surface area contributed by atoms with Gasteiger partial charge in [0.15, 0.2) is 0 Å². The van der Waals surface area contributed by atoms with Gasteiger partial charge in [-0.3, -0.25) is 0 Å². The second kappa shape index (κ2) is 6.14. The maximum absolute atomic E-state index is 12.6. The van der Waals surface area contributed by atoms with E-state index in [1.54, 1.807) is 28.6 Å². The Kier molecular flexibility index (Phi) is 4.70. The first-order chi connectivity index (χ1) is 9.43. The van der Waals surface area contributed by atoms with Gasteiger partial charge in [-0.05, 0) is 49.4 Å². The molecule has 0 aliphatic carbocycles. The topological polar surface area (TPSA) is 46.6 Å². The van der Waals surface area contributed by atoms with Crippen molar-refractivity contribution < 1.29 is 13.2 Å². The molecule has 1 fully saturated rings. The summed E-state index contributed by atoms with van der Waals surface area (Å²) in [4.78, 5) is 0.349. The zero-order valence-corrected chi connectivity index (χ0v) is 13.2. The predicted molar refractivity (Wildman–Crippen MR) is 79.3 cm³/mol. The highest BCUT2D eigenvalue weighted by Crippen LogP contribution is 2.27. The highest BCUT2D eigenvalue weighted by Gasteiger charge is 2.31. The van der Waals surface area contributed by atoms with Gasteiger partial charge in [0.2, 0.25) is 10.0 Å². The predicted octanol–water partition coefficient (Wildman–Crippen LogP) is 2.75. The molecule has 0 bridgehead atoms. The van der Waals surface area contributed by atoms with Gasteiger partial charge in [0, 0.05) is 13.1 Å². The lowest BCUT2D eigenvalue weighted by Gasteiger charge is -2.34. The van der Waals surface area contributed by atoms with E-state index in [0.717, 1.165) is 6.42 Å². The van der Waals surface area contributed by atoms with Crippen LogP contribution in [0.5, 0.6) is 5.75 Å². The van der Waals surface area contributed by atoms with E-state index < -0.39 is 10.0 Å². The van der Waals surface area contributed by atoms with Gasteiger partial charge < -0.3 is 4.74 Å². The van der Waals surface area contributed by atoms with Crippen LogP contribution >= 0.6 is 0 Å². The summed E-state index contributed by atoms with van der Waals surface area (Å²) in [6.45, 7) is 7.92. The molecule has 2 rings (SSSR count). The molecular weight excluding hydrogens is 274 g/mol. The van der Waals surface area contributed by atoms with Gasteiger partial charge in [-0.2, -0.15) is 4.31 Å². The van der Waals surface area contributed by atoms with Crippen molar-refractivity contribution in [1.29, 1.82) is 0 Å². The van der Waals surface area contributed by atoms with Crippen LogP contribution in [0.15, 0.2) is 29.2 Å². The summed E-state index contributed by atoms with van der Waals surface area (Å²) in [6, 6.07) is 6.69. The molecule has 0 amide bonds. The van der Waals surface area contributed by atoms with Crippen molar-refractivity contribution in [3.63, 3.8) is 0 Å². The molecule has 1 aromatic rings. The summed E-state index contributed by atoms with van der Waals surface area (Å²) in [5, 5.41) is 0. The van der Waals surface area contributed by atoms with E-state index in [1.807, 2.05) is 6.92 Å². The molecule has 2 atom stereocenters. The number of nitrogens with zero attached hydrogens (tertiary/aromatic N) is 1. The van der Waals surface area contributed by atoms with Gasteiger partial charge in [-0.25, -0.2) is 8.42 Å². The fourth-order valence-corrected chi connectivity index (χ4v) is 4.51. The Labute approximate surface area is 121 Å². The molecule has 1 heterocycles. The van der Waals surface area contributed by atoms with Crippen LogP contribution in [0.4, 0.5) is 0 Å². The molecule has 0 saturated carbocycles. The van der Waals surface area contributed by atoms with Crippen molar-refractivity contribution in [2.75, 3.05) is 19.7 Å². The molecule has 0 spiro atoms. The summed E-state index contributed by atoms with van der Waals surface area (Å²) in [7, 11) is -3.38. The van der Waals surface area contributed by atoms with Crippen molar-refractivity contribution in [1.82, 2.24) is 4.31 Å². The smallest absolute Gasteiger partial charge is 0.243 e. The third-order valence-corrected chi connectivity index (χ3v) is 5.45. The van der Waals surface area contributed by atoms with E-state index in [4.69, 9.17) is 4.74 Å². The maximum Gasteiger partial charge on any atom is 0.243 e. The Morgan fingerprint density at radius 3 is 2.20 bits per heavy atom. The first-order valence-electron chi connectivity index (χ1n) is 7.16. The van der Waals surface area contributed by atoms with Crippen LogP contribution in [0, 0.1) is 11.8 Å². The number of benzene rings is 1. The van der Waals surface area contributed by atoms with E-state index in [9.17, 15) is 8.42 Å². The Bertz CT molecular complexity index is 529. The second-order valence-electron chi connectivity index (χ2n) is 5.67. The zero-order valence-electron chi connectivity index (χ0n) is 12.4. The molecule has 2 unspecified atom stereocenters. The third-order valence-electron chi connectivity index (χ3n) is 3.61. The Balaban J connectivity index is 2.21. The number of hydrogen-bond acceptors (Lipinski definition) is 3. The highest BCUT2D eigenvalue weighted by molar-refractivity contribution is 7.89. The molecule has 0 aromatic heterocycles. The van der Waals surface area contributed by atoms with Crippen LogP contribution in [-0.4, -0.2) is 32.4 Å². The first kappa shape index (κ1) is 15.3. The molecule has 1 aliphatic heterocycles. The lowest BCUT2D eigenvalue weighted by atomic mass is 9.94. The molecule has 5 heteroatoms. The highest BCUT2D eigenvalue weighted by atomic mass is 32.2. The minimum Gasteiger partial charge on any atom is -0.494 e. The van der Waals surface area contributed by atoms with E-state index in [-0.39, 0.29) is 0 Å². The fraction of sp³-hybridized carbons (Fsp3) is 0.600. The standard InChI is InChI=1S/C15H23NO3S/c1-4-19-14-5-7-15(8-6-14)20(17,18)16-10-12(2)9-13(3)11-16/h5-8,12-13H,4,9-11H2,1-3H3. The van der Waals surface area contributed by atoms with Crippen LogP contribution in [0.1, 0.15) is 27.2 Å². The average Bonchev–Trinajstić information content (AvgIpc) is 2.38. The largest absolute Gasteiger partial charge is 0.494 e. The molecule has 0 radical (unpaired) electrons. The molecule has 0 N–H and O–H groups in total. The number of ether oxygens (including phenoxy) is 1. The van der Waals surface area contributed by atoms with Gasteiger partial charge in [0.25, 0.3) is 0 Å². The van der Waals surface area contributed by atoms with E-state index in [1.165, 1.54) is 0 Å². The monoisotopic (exact) mass is 297 g/mol. The molecule has 4 nitrogen and oxygen atoms in total. The Hall–Kier alpha value is -1.07. The minimum atomic E-state index is -3.38. The second-order valence-corrected chi connectivity index (χ2v) is 7.61. The van der Waals surface area contributed by atoms with Crippen molar-refractivity contribution in [2.24, 2.45) is 11.8 Å². The molecule has 20 heavy (non-hydrogen) atoms. The van der Waals surface area contributed by atoms with E-state index in [2.05, 4.69) is 13.8 Å². The molecular formula is C15H23NO3S. The number of rotatable bonds is 4. The van der Waals surface area contributed by atoms with Crippen LogP contribution in [0.3, 0.4) is 0 Å². The lowest BCUT2D eigenvalue weighted by Crippen LogP contribution is -2.42. The van der Waals surface area contributed by atoms with Crippen molar-refractivity contribution in [3.8, 4) is 5.75 Å². The van der Waals surface area contributed by atoms with Crippen LogP contribution < -0.4 is 4.74 Å². The number of hydrogen-bond donors (Lipinski definition) is 0. The molecule has 1 aliphatic rings. The van der Waals surface area contributed by atoms with Crippen LogP contribution in [0.2, 0.25) is 0 Å². The summed E-state index contributed by atoms with van der Waals surface area (Å²) in [5.41, 5.74) is 0. The summed E-state index contributed by atoms with van der Waals surface area (Å²) in [5.74, 6) is 1.53. The van der Waals surface area contributed by atoms with Gasteiger partial charge in [-0.15, -0.1) is 0 Å². The Morgan fingerprint density at radius 2 is 1.70 bits per heavy atom. The van der Waals surface area contributed by atoms with Gasteiger partial charge in [-0.1, -0.05) is 13.8 Å². The summed E-state index contributed by atoms with van der Waals surface area (Å²) in [6.07, 6.45) is 1.09. The van der Waals surface area contributed by atoms with Crippen LogP contribution in [-0.2, 0) is 10.0 Å². The zero-order chi connectivity index (χ0) is 14.8. The average molecular weight is 297 g/mol. The quantitative estimate of drug-likeness (QED) is 0.858. The third kappa shape index (κ3) is 3.33.